The summed E-state index contributed by atoms with van der Waals surface area (Å²) in [6.45, 7) is 4.26. The van der Waals surface area contributed by atoms with Crippen molar-refractivity contribution in [3.05, 3.63) is 76.1 Å². The first-order valence-electron chi connectivity index (χ1n) is 8.75. The monoisotopic (exact) mass is 396 g/mol. The summed E-state index contributed by atoms with van der Waals surface area (Å²) in [5.41, 5.74) is 3.90. The van der Waals surface area contributed by atoms with E-state index in [0.717, 1.165) is 28.1 Å². The number of nitrogens with one attached hydrogen (secondary N) is 2. The molecule has 3 rings (SSSR count). The maximum Gasteiger partial charge on any atom is 0.270 e. The number of carbonyl (C=O) groups excluding carboxylic acids is 1. The topological polar surface area (TPSA) is 76.1 Å². The first-order chi connectivity index (χ1) is 13.5. The van der Waals surface area contributed by atoms with Crippen molar-refractivity contribution < 1.29 is 9.53 Å². The molecule has 28 heavy (non-hydrogen) atoms. The number of aromatic nitrogens is 2. The summed E-state index contributed by atoms with van der Waals surface area (Å²) in [6.07, 6.45) is 1.53. The van der Waals surface area contributed by atoms with Crippen molar-refractivity contribution in [2.75, 3.05) is 12.4 Å². The molecule has 0 aliphatic heterocycles. The predicted octanol–water partition coefficient (Wildman–Crippen LogP) is 4.43. The molecule has 0 saturated heterocycles. The lowest BCUT2D eigenvalue weighted by molar-refractivity contribution is 0.0945. The fourth-order valence-electron chi connectivity index (χ4n) is 2.85. The number of amides is 1. The Balaban J connectivity index is 1.73. The Bertz CT molecular complexity index is 984. The van der Waals surface area contributed by atoms with Gasteiger partial charge in [0.1, 0.15) is 11.4 Å². The minimum Gasteiger partial charge on any atom is -0.496 e. The minimum absolute atomic E-state index is 0.258. The van der Waals surface area contributed by atoms with Gasteiger partial charge in [-0.15, -0.1) is 0 Å². The standard InChI is InChI=1S/C21H21ClN4O2/c1-13-10-14(2)19(16(22)11-13)26-21-23-9-8-17(25-21)20(27)24-12-15-6-4-5-7-18(15)28-3/h4-11H,12H2,1-3H3,(H,24,27)(H,23,25,26). The number of hydrogen-bond donors (Lipinski definition) is 2. The number of benzene rings is 2. The van der Waals surface area contributed by atoms with Crippen LogP contribution in [0.4, 0.5) is 11.6 Å². The van der Waals surface area contributed by atoms with Crippen LogP contribution in [0.5, 0.6) is 5.75 Å². The van der Waals surface area contributed by atoms with Crippen molar-refractivity contribution in [3.8, 4) is 5.75 Å². The van der Waals surface area contributed by atoms with Crippen LogP contribution in [0.3, 0.4) is 0 Å². The van der Waals surface area contributed by atoms with Crippen LogP contribution >= 0.6 is 11.6 Å². The van der Waals surface area contributed by atoms with Crippen molar-refractivity contribution in [2.24, 2.45) is 0 Å². The minimum atomic E-state index is -0.303. The van der Waals surface area contributed by atoms with E-state index in [1.54, 1.807) is 13.2 Å². The number of rotatable bonds is 6. The number of carbonyl (C=O) groups is 1. The maximum absolute atomic E-state index is 12.5. The van der Waals surface area contributed by atoms with Gasteiger partial charge >= 0.3 is 0 Å². The Morgan fingerprint density at radius 2 is 1.96 bits per heavy atom. The molecule has 0 saturated carbocycles. The summed E-state index contributed by atoms with van der Waals surface area (Å²) in [5, 5.41) is 6.53. The van der Waals surface area contributed by atoms with E-state index in [4.69, 9.17) is 16.3 Å². The molecule has 0 spiro atoms. The zero-order valence-corrected chi connectivity index (χ0v) is 16.7. The molecule has 0 unspecified atom stereocenters. The van der Waals surface area contributed by atoms with Gasteiger partial charge in [-0.25, -0.2) is 9.97 Å². The molecular weight excluding hydrogens is 376 g/mol. The van der Waals surface area contributed by atoms with Gasteiger partial charge in [-0.05, 0) is 43.2 Å². The van der Waals surface area contributed by atoms with Gasteiger partial charge in [0.2, 0.25) is 5.95 Å². The van der Waals surface area contributed by atoms with Gasteiger partial charge in [-0.1, -0.05) is 35.9 Å². The lowest BCUT2D eigenvalue weighted by Gasteiger charge is -2.12. The zero-order chi connectivity index (χ0) is 20.1. The van der Waals surface area contributed by atoms with Crippen LogP contribution in [-0.2, 0) is 6.54 Å². The summed E-state index contributed by atoms with van der Waals surface area (Å²) < 4.78 is 5.30. The quantitative estimate of drug-likeness (QED) is 0.644. The number of halogens is 1. The fourth-order valence-corrected chi connectivity index (χ4v) is 3.21. The smallest absolute Gasteiger partial charge is 0.270 e. The van der Waals surface area contributed by atoms with E-state index in [2.05, 4.69) is 20.6 Å². The third-order valence-corrected chi connectivity index (χ3v) is 4.49. The molecule has 0 atom stereocenters. The van der Waals surface area contributed by atoms with Crippen LogP contribution in [0.25, 0.3) is 0 Å². The Kier molecular flexibility index (Phi) is 6.11. The number of aryl methyl sites for hydroxylation is 2. The summed E-state index contributed by atoms with van der Waals surface area (Å²) in [4.78, 5) is 21.0. The molecule has 144 valence electrons. The van der Waals surface area contributed by atoms with Crippen LogP contribution in [0.2, 0.25) is 5.02 Å². The summed E-state index contributed by atoms with van der Waals surface area (Å²) in [5.74, 6) is 0.721. The van der Waals surface area contributed by atoms with Gasteiger partial charge in [-0.3, -0.25) is 4.79 Å². The number of nitrogens with zero attached hydrogens (tertiary/aromatic N) is 2. The molecule has 1 amide bonds. The van der Waals surface area contributed by atoms with Crippen molar-refractivity contribution in [1.29, 1.82) is 0 Å². The average molecular weight is 397 g/mol. The van der Waals surface area contributed by atoms with E-state index >= 15 is 0 Å². The predicted molar refractivity (Wildman–Crippen MR) is 110 cm³/mol. The fraction of sp³-hybridized carbons (Fsp3) is 0.190. The Morgan fingerprint density at radius 1 is 1.18 bits per heavy atom. The molecular formula is C21H21ClN4O2. The molecule has 6 nitrogen and oxygen atoms in total. The van der Waals surface area contributed by atoms with Crippen LogP contribution in [-0.4, -0.2) is 23.0 Å². The second-order valence-corrected chi connectivity index (χ2v) is 6.73. The molecule has 0 aliphatic rings. The van der Waals surface area contributed by atoms with E-state index in [0.29, 0.717) is 17.5 Å². The lowest BCUT2D eigenvalue weighted by atomic mass is 10.1. The Hall–Kier alpha value is -3.12. The second kappa shape index (κ2) is 8.71. The highest BCUT2D eigenvalue weighted by Crippen LogP contribution is 2.29. The molecule has 0 bridgehead atoms. The van der Waals surface area contributed by atoms with E-state index < -0.39 is 0 Å². The van der Waals surface area contributed by atoms with E-state index in [9.17, 15) is 4.79 Å². The highest BCUT2D eigenvalue weighted by molar-refractivity contribution is 6.33. The molecule has 7 heteroatoms. The first kappa shape index (κ1) is 19.6. The first-order valence-corrected chi connectivity index (χ1v) is 9.12. The highest BCUT2D eigenvalue weighted by atomic mass is 35.5. The van der Waals surface area contributed by atoms with Crippen LogP contribution < -0.4 is 15.4 Å². The second-order valence-electron chi connectivity index (χ2n) is 6.32. The molecule has 2 aromatic carbocycles. The Morgan fingerprint density at radius 3 is 2.71 bits per heavy atom. The number of ether oxygens (including phenoxy) is 1. The molecule has 0 aliphatic carbocycles. The molecule has 3 aromatic rings. The van der Waals surface area contributed by atoms with E-state index in [1.165, 1.54) is 6.20 Å². The largest absolute Gasteiger partial charge is 0.496 e. The van der Waals surface area contributed by atoms with Gasteiger partial charge in [0.15, 0.2) is 0 Å². The third-order valence-electron chi connectivity index (χ3n) is 4.19. The summed E-state index contributed by atoms with van der Waals surface area (Å²) in [7, 11) is 1.60. The zero-order valence-electron chi connectivity index (χ0n) is 15.9. The number of para-hydroxylation sites is 1. The van der Waals surface area contributed by atoms with Gasteiger partial charge < -0.3 is 15.4 Å². The summed E-state index contributed by atoms with van der Waals surface area (Å²) >= 11 is 6.32. The van der Waals surface area contributed by atoms with Gasteiger partial charge in [-0.2, -0.15) is 0 Å². The third kappa shape index (κ3) is 4.58. The lowest BCUT2D eigenvalue weighted by Crippen LogP contribution is -2.24. The van der Waals surface area contributed by atoms with E-state index in [1.807, 2.05) is 50.2 Å². The van der Waals surface area contributed by atoms with Crippen molar-refractivity contribution in [3.63, 3.8) is 0 Å². The Labute approximate surface area is 168 Å². The molecule has 2 N–H and O–H groups in total. The van der Waals surface area contributed by atoms with Crippen LogP contribution in [0.1, 0.15) is 27.2 Å². The highest BCUT2D eigenvalue weighted by Gasteiger charge is 2.12. The normalized spacial score (nSPS) is 10.4. The molecule has 0 radical (unpaired) electrons. The molecule has 1 aromatic heterocycles. The SMILES string of the molecule is COc1ccccc1CNC(=O)c1ccnc(Nc2c(C)cc(C)cc2Cl)n1. The average Bonchev–Trinajstić information content (AvgIpc) is 2.69. The summed E-state index contributed by atoms with van der Waals surface area (Å²) in [6, 6.07) is 13.0. The van der Waals surface area contributed by atoms with Gasteiger partial charge in [0, 0.05) is 18.3 Å². The number of anilines is 2. The van der Waals surface area contributed by atoms with Gasteiger partial charge in [0.25, 0.3) is 5.91 Å². The molecule has 0 fully saturated rings. The van der Waals surface area contributed by atoms with Crippen molar-refractivity contribution >= 4 is 29.1 Å². The number of methoxy groups -OCH3 is 1. The van der Waals surface area contributed by atoms with Crippen LogP contribution in [0.15, 0.2) is 48.7 Å². The van der Waals surface area contributed by atoms with Crippen molar-refractivity contribution in [1.82, 2.24) is 15.3 Å². The maximum atomic E-state index is 12.5. The van der Waals surface area contributed by atoms with E-state index in [-0.39, 0.29) is 11.6 Å². The molecule has 1 heterocycles. The number of hydrogen-bond acceptors (Lipinski definition) is 5. The van der Waals surface area contributed by atoms with Crippen LogP contribution in [0, 0.1) is 13.8 Å². The van der Waals surface area contributed by atoms with Gasteiger partial charge in [0.05, 0.1) is 17.8 Å². The van der Waals surface area contributed by atoms with Crippen molar-refractivity contribution in [2.45, 2.75) is 20.4 Å².